The number of nitrogens with zero attached hydrogens (tertiary/aromatic N) is 1. The van der Waals surface area contributed by atoms with Crippen LogP contribution in [0.5, 0.6) is 0 Å². The number of hydrogen-bond acceptors (Lipinski definition) is 3. The molecular weight excluding hydrogens is 268 g/mol. The van der Waals surface area contributed by atoms with Crippen LogP contribution in [-0.2, 0) is 11.3 Å². The second-order valence-electron chi connectivity index (χ2n) is 4.01. The highest BCUT2D eigenvalue weighted by Gasteiger charge is 2.13. The molecule has 0 aromatic carbocycles. The zero-order chi connectivity index (χ0) is 13.4. The van der Waals surface area contributed by atoms with E-state index in [0.29, 0.717) is 26.1 Å². The number of hydrogen-bond donors (Lipinski definition) is 1. The van der Waals surface area contributed by atoms with Crippen LogP contribution in [-0.4, -0.2) is 23.9 Å². The van der Waals surface area contributed by atoms with Crippen LogP contribution < -0.4 is 5.73 Å². The maximum atomic E-state index is 12.0. The lowest BCUT2D eigenvalue weighted by molar-refractivity contribution is -0.131. The Morgan fingerprint density at radius 1 is 1.50 bits per heavy atom. The topological polar surface area (TPSA) is 46.3 Å². The van der Waals surface area contributed by atoms with Gasteiger partial charge in [-0.05, 0) is 31.5 Å². The van der Waals surface area contributed by atoms with Crippen LogP contribution in [0.25, 0.3) is 0 Å². The fourth-order valence-electron chi connectivity index (χ4n) is 1.61. The molecule has 2 N–H and O–H groups in total. The summed E-state index contributed by atoms with van der Waals surface area (Å²) in [7, 11) is 0. The van der Waals surface area contributed by atoms with Gasteiger partial charge in [-0.15, -0.1) is 17.9 Å². The number of thiophene rings is 1. The summed E-state index contributed by atoms with van der Waals surface area (Å²) < 4.78 is 0.749. The lowest BCUT2D eigenvalue weighted by Gasteiger charge is -2.20. The second kappa shape index (κ2) is 8.29. The average molecular weight is 287 g/mol. The van der Waals surface area contributed by atoms with Gasteiger partial charge in [0, 0.05) is 17.8 Å². The summed E-state index contributed by atoms with van der Waals surface area (Å²) in [5.41, 5.74) is 5.42. The normalized spacial score (nSPS) is 10.3. The van der Waals surface area contributed by atoms with E-state index in [-0.39, 0.29) is 5.91 Å². The van der Waals surface area contributed by atoms with Gasteiger partial charge in [0.25, 0.3) is 0 Å². The van der Waals surface area contributed by atoms with Crippen molar-refractivity contribution in [2.24, 2.45) is 5.73 Å². The van der Waals surface area contributed by atoms with Gasteiger partial charge >= 0.3 is 0 Å². The molecule has 0 fully saturated rings. The van der Waals surface area contributed by atoms with Crippen molar-refractivity contribution in [3.8, 4) is 0 Å². The first-order valence-corrected chi connectivity index (χ1v) is 7.19. The summed E-state index contributed by atoms with van der Waals surface area (Å²) in [4.78, 5) is 14.9. The Bertz CT molecular complexity index is 392. The third-order valence-corrected chi connectivity index (χ3v) is 3.74. The van der Waals surface area contributed by atoms with Crippen molar-refractivity contribution in [3.05, 3.63) is 34.0 Å². The Labute approximate surface area is 117 Å². The molecule has 1 aromatic rings. The van der Waals surface area contributed by atoms with Crippen LogP contribution in [0.4, 0.5) is 0 Å². The van der Waals surface area contributed by atoms with Gasteiger partial charge in [0.1, 0.15) is 0 Å². The highest BCUT2D eigenvalue weighted by molar-refractivity contribution is 7.16. The van der Waals surface area contributed by atoms with E-state index in [0.717, 1.165) is 22.1 Å². The predicted molar refractivity (Wildman–Crippen MR) is 77.8 cm³/mol. The molecule has 100 valence electrons. The molecule has 0 radical (unpaired) electrons. The molecule has 0 bridgehead atoms. The Morgan fingerprint density at radius 3 is 2.83 bits per heavy atom. The maximum absolute atomic E-state index is 12.0. The first-order chi connectivity index (χ1) is 8.67. The van der Waals surface area contributed by atoms with Gasteiger partial charge in [-0.1, -0.05) is 17.7 Å². The van der Waals surface area contributed by atoms with Gasteiger partial charge < -0.3 is 10.6 Å². The molecule has 0 atom stereocenters. The number of unbranched alkanes of at least 4 members (excludes halogenated alkanes) is 1. The minimum absolute atomic E-state index is 0.146. The first kappa shape index (κ1) is 15.2. The zero-order valence-corrected chi connectivity index (χ0v) is 12.0. The highest BCUT2D eigenvalue weighted by Crippen LogP contribution is 2.23. The molecule has 0 spiro atoms. The third-order valence-electron chi connectivity index (χ3n) is 2.52. The largest absolute Gasteiger partial charge is 0.334 e. The van der Waals surface area contributed by atoms with E-state index in [9.17, 15) is 4.79 Å². The molecule has 1 amide bonds. The Morgan fingerprint density at radius 2 is 2.28 bits per heavy atom. The molecule has 0 unspecified atom stereocenters. The van der Waals surface area contributed by atoms with E-state index in [1.54, 1.807) is 11.0 Å². The van der Waals surface area contributed by atoms with E-state index in [2.05, 4.69) is 6.58 Å². The lowest BCUT2D eigenvalue weighted by Crippen LogP contribution is -2.30. The molecule has 1 aromatic heterocycles. The summed E-state index contributed by atoms with van der Waals surface area (Å²) in [5.74, 6) is 0.146. The highest BCUT2D eigenvalue weighted by atomic mass is 35.5. The quantitative estimate of drug-likeness (QED) is 0.590. The average Bonchev–Trinajstić information content (AvgIpc) is 2.74. The summed E-state index contributed by atoms with van der Waals surface area (Å²) in [6.45, 7) is 5.49. The third kappa shape index (κ3) is 5.21. The van der Waals surface area contributed by atoms with E-state index in [1.807, 2.05) is 12.1 Å². The van der Waals surface area contributed by atoms with Crippen molar-refractivity contribution in [1.29, 1.82) is 0 Å². The zero-order valence-electron chi connectivity index (χ0n) is 10.4. The van der Waals surface area contributed by atoms with Gasteiger partial charge in [0.05, 0.1) is 10.9 Å². The van der Waals surface area contributed by atoms with E-state index in [4.69, 9.17) is 17.3 Å². The lowest BCUT2D eigenvalue weighted by atomic mass is 10.2. The Hall–Kier alpha value is -0.840. The smallest absolute Gasteiger partial charge is 0.223 e. The van der Waals surface area contributed by atoms with E-state index >= 15 is 0 Å². The molecule has 18 heavy (non-hydrogen) atoms. The van der Waals surface area contributed by atoms with Crippen LogP contribution in [0.1, 0.15) is 24.1 Å². The van der Waals surface area contributed by atoms with Crippen LogP contribution in [0.3, 0.4) is 0 Å². The van der Waals surface area contributed by atoms with E-state index < -0.39 is 0 Å². The van der Waals surface area contributed by atoms with Crippen molar-refractivity contribution in [2.45, 2.75) is 25.8 Å². The minimum Gasteiger partial charge on any atom is -0.334 e. The van der Waals surface area contributed by atoms with Crippen LogP contribution >= 0.6 is 22.9 Å². The van der Waals surface area contributed by atoms with Gasteiger partial charge in [-0.2, -0.15) is 0 Å². The number of rotatable bonds is 8. The molecule has 3 nitrogen and oxygen atoms in total. The number of halogens is 1. The maximum Gasteiger partial charge on any atom is 0.223 e. The van der Waals surface area contributed by atoms with Gasteiger partial charge in [-0.3, -0.25) is 4.79 Å². The van der Waals surface area contributed by atoms with Crippen molar-refractivity contribution in [2.75, 3.05) is 13.1 Å². The molecule has 0 aliphatic heterocycles. The molecule has 0 saturated carbocycles. The van der Waals surface area contributed by atoms with Crippen molar-refractivity contribution in [1.82, 2.24) is 4.90 Å². The summed E-state index contributed by atoms with van der Waals surface area (Å²) in [6.07, 6.45) is 4.02. The Balaban J connectivity index is 2.52. The molecule has 1 rings (SSSR count). The van der Waals surface area contributed by atoms with Gasteiger partial charge in [0.2, 0.25) is 5.91 Å². The number of carbonyl (C=O) groups excluding carboxylic acids is 1. The number of amides is 1. The molecule has 5 heteroatoms. The SMILES string of the molecule is C=CCN(Cc1ccc(Cl)s1)C(=O)CCCCN. The molecular formula is C13H19ClN2OS. The fourth-order valence-corrected chi connectivity index (χ4v) is 2.72. The fraction of sp³-hybridized carbons (Fsp3) is 0.462. The van der Waals surface area contributed by atoms with Gasteiger partial charge in [-0.25, -0.2) is 0 Å². The van der Waals surface area contributed by atoms with Crippen LogP contribution in [0.2, 0.25) is 4.34 Å². The summed E-state index contributed by atoms with van der Waals surface area (Å²) in [6, 6.07) is 3.81. The summed E-state index contributed by atoms with van der Waals surface area (Å²) in [5, 5.41) is 0. The van der Waals surface area contributed by atoms with Crippen LogP contribution in [0.15, 0.2) is 24.8 Å². The first-order valence-electron chi connectivity index (χ1n) is 6.00. The Kier molecular flexibility index (Phi) is 7.01. The number of nitrogens with two attached hydrogens (primary N) is 1. The van der Waals surface area contributed by atoms with Crippen molar-refractivity contribution in [3.63, 3.8) is 0 Å². The molecule has 0 saturated heterocycles. The van der Waals surface area contributed by atoms with Gasteiger partial charge in [0.15, 0.2) is 0 Å². The summed E-state index contributed by atoms with van der Waals surface area (Å²) >= 11 is 7.39. The number of carbonyl (C=O) groups is 1. The molecule has 1 heterocycles. The second-order valence-corrected chi connectivity index (χ2v) is 5.81. The van der Waals surface area contributed by atoms with Crippen molar-refractivity contribution >= 4 is 28.8 Å². The monoisotopic (exact) mass is 286 g/mol. The molecule has 0 aliphatic carbocycles. The standard InChI is InChI=1S/C13H19ClN2OS/c1-2-9-16(13(17)5-3-4-8-15)10-11-6-7-12(14)18-11/h2,6-7H,1,3-5,8-10,15H2. The van der Waals surface area contributed by atoms with E-state index in [1.165, 1.54) is 11.3 Å². The molecule has 0 aliphatic rings. The van der Waals surface area contributed by atoms with Crippen molar-refractivity contribution < 1.29 is 4.79 Å². The predicted octanol–water partition coefficient (Wildman–Crippen LogP) is 3.05. The van der Waals surface area contributed by atoms with Crippen LogP contribution in [0, 0.1) is 0 Å². The minimum atomic E-state index is 0.146.